The summed E-state index contributed by atoms with van der Waals surface area (Å²) in [5, 5.41) is 0. The summed E-state index contributed by atoms with van der Waals surface area (Å²) in [5.74, 6) is 0.877. The molecular formula is C18H28N2. The fourth-order valence-electron chi connectivity index (χ4n) is 4.35. The standard InChI is InChI=1S/C18H28N2/c1-17(2)15-7-9-18(17,3)13-20(12-15)10-8-14-5-4-6-16(19)11-14/h4-6,11,15H,7-10,12-13,19H2,1-3H3/t15?,18-/m0/s1. The van der Waals surface area contributed by atoms with Crippen molar-refractivity contribution in [2.24, 2.45) is 16.7 Å². The normalized spacial score (nSPS) is 32.5. The van der Waals surface area contributed by atoms with Crippen molar-refractivity contribution in [1.82, 2.24) is 4.90 Å². The van der Waals surface area contributed by atoms with Crippen LogP contribution in [-0.4, -0.2) is 24.5 Å². The van der Waals surface area contributed by atoms with Crippen molar-refractivity contribution in [1.29, 1.82) is 0 Å². The fraction of sp³-hybridized carbons (Fsp3) is 0.667. The zero-order valence-corrected chi connectivity index (χ0v) is 13.2. The van der Waals surface area contributed by atoms with Gasteiger partial charge in [0.25, 0.3) is 0 Å². The lowest BCUT2D eigenvalue weighted by molar-refractivity contribution is -0.0169. The Morgan fingerprint density at radius 1 is 1.30 bits per heavy atom. The highest BCUT2D eigenvalue weighted by Crippen LogP contribution is 2.58. The number of nitrogens with two attached hydrogens (primary N) is 1. The number of hydrogen-bond acceptors (Lipinski definition) is 2. The maximum atomic E-state index is 5.86. The second-order valence-electron chi connectivity index (χ2n) is 7.75. The first-order valence-electron chi connectivity index (χ1n) is 7.97. The smallest absolute Gasteiger partial charge is 0.0316 e. The minimum absolute atomic E-state index is 0.506. The average molecular weight is 272 g/mol. The molecule has 1 aliphatic heterocycles. The number of nitrogen functional groups attached to an aromatic ring is 1. The van der Waals surface area contributed by atoms with Gasteiger partial charge in [0.05, 0.1) is 0 Å². The van der Waals surface area contributed by atoms with E-state index in [0.29, 0.717) is 10.8 Å². The zero-order valence-electron chi connectivity index (χ0n) is 13.2. The van der Waals surface area contributed by atoms with Gasteiger partial charge in [0.2, 0.25) is 0 Å². The van der Waals surface area contributed by atoms with E-state index >= 15 is 0 Å². The second kappa shape index (κ2) is 4.77. The van der Waals surface area contributed by atoms with E-state index in [1.54, 1.807) is 0 Å². The molecule has 2 bridgehead atoms. The zero-order chi connectivity index (χ0) is 14.4. The molecule has 3 rings (SSSR count). The maximum absolute atomic E-state index is 5.86. The Balaban J connectivity index is 1.64. The van der Waals surface area contributed by atoms with Crippen LogP contribution in [0.2, 0.25) is 0 Å². The summed E-state index contributed by atoms with van der Waals surface area (Å²) in [4.78, 5) is 2.69. The van der Waals surface area contributed by atoms with Crippen molar-refractivity contribution in [2.45, 2.75) is 40.0 Å². The molecular weight excluding hydrogens is 244 g/mol. The van der Waals surface area contributed by atoms with Crippen molar-refractivity contribution in [3.63, 3.8) is 0 Å². The number of benzene rings is 1. The third kappa shape index (κ3) is 2.24. The number of likely N-dealkylation sites (tertiary alicyclic amines) is 1. The largest absolute Gasteiger partial charge is 0.399 e. The lowest BCUT2D eigenvalue weighted by atomic mass is 9.63. The van der Waals surface area contributed by atoms with E-state index in [4.69, 9.17) is 5.73 Å². The molecule has 2 N–H and O–H groups in total. The van der Waals surface area contributed by atoms with E-state index in [0.717, 1.165) is 18.0 Å². The molecule has 1 aromatic carbocycles. The molecule has 1 unspecified atom stereocenters. The summed E-state index contributed by atoms with van der Waals surface area (Å²) >= 11 is 0. The van der Waals surface area contributed by atoms with Crippen LogP contribution in [0.3, 0.4) is 0 Å². The quantitative estimate of drug-likeness (QED) is 0.852. The van der Waals surface area contributed by atoms with Gasteiger partial charge in [0.15, 0.2) is 0 Å². The fourth-order valence-corrected chi connectivity index (χ4v) is 4.35. The third-order valence-electron chi connectivity index (χ3n) is 6.34. The monoisotopic (exact) mass is 272 g/mol. The predicted octanol–water partition coefficient (Wildman–Crippen LogP) is 3.57. The van der Waals surface area contributed by atoms with Gasteiger partial charge in [-0.3, -0.25) is 0 Å². The van der Waals surface area contributed by atoms with Crippen molar-refractivity contribution in [3.05, 3.63) is 29.8 Å². The van der Waals surface area contributed by atoms with Crippen LogP contribution < -0.4 is 5.73 Å². The Morgan fingerprint density at radius 3 is 2.80 bits per heavy atom. The van der Waals surface area contributed by atoms with Crippen molar-refractivity contribution < 1.29 is 0 Å². The minimum Gasteiger partial charge on any atom is -0.399 e. The summed E-state index contributed by atoms with van der Waals surface area (Å²) in [6, 6.07) is 8.34. The number of piperidine rings is 1. The first-order valence-corrected chi connectivity index (χ1v) is 7.97. The molecule has 0 amide bonds. The predicted molar refractivity (Wildman–Crippen MR) is 85.6 cm³/mol. The second-order valence-corrected chi connectivity index (χ2v) is 7.75. The van der Waals surface area contributed by atoms with Crippen LogP contribution in [0, 0.1) is 16.7 Å². The number of nitrogens with zero attached hydrogens (tertiary/aromatic N) is 1. The molecule has 0 aromatic heterocycles. The summed E-state index contributed by atoms with van der Waals surface area (Å²) < 4.78 is 0. The highest BCUT2D eigenvalue weighted by atomic mass is 15.2. The van der Waals surface area contributed by atoms with Crippen LogP contribution in [0.15, 0.2) is 24.3 Å². The first kappa shape index (κ1) is 13.9. The average Bonchev–Trinajstić information content (AvgIpc) is 2.54. The van der Waals surface area contributed by atoms with Gasteiger partial charge in [-0.05, 0) is 53.7 Å². The topological polar surface area (TPSA) is 29.3 Å². The van der Waals surface area contributed by atoms with Gasteiger partial charge in [0, 0.05) is 25.3 Å². The molecule has 2 heteroatoms. The lowest BCUT2D eigenvalue weighted by Gasteiger charge is -2.50. The summed E-state index contributed by atoms with van der Waals surface area (Å²) in [6.07, 6.45) is 3.94. The van der Waals surface area contributed by atoms with E-state index in [2.05, 4.69) is 43.9 Å². The molecule has 0 radical (unpaired) electrons. The van der Waals surface area contributed by atoms with Crippen LogP contribution in [0.4, 0.5) is 5.69 Å². The van der Waals surface area contributed by atoms with E-state index in [-0.39, 0.29) is 0 Å². The minimum atomic E-state index is 0.506. The Labute approximate surface area is 123 Å². The Kier molecular flexibility index (Phi) is 3.32. The van der Waals surface area contributed by atoms with Gasteiger partial charge in [-0.25, -0.2) is 0 Å². The first-order chi connectivity index (χ1) is 9.41. The molecule has 2 nitrogen and oxygen atoms in total. The Bertz CT molecular complexity index is 494. The maximum Gasteiger partial charge on any atom is 0.0316 e. The molecule has 2 fully saturated rings. The summed E-state index contributed by atoms with van der Waals surface area (Å²) in [7, 11) is 0. The third-order valence-corrected chi connectivity index (χ3v) is 6.34. The van der Waals surface area contributed by atoms with E-state index < -0.39 is 0 Å². The van der Waals surface area contributed by atoms with Crippen LogP contribution in [0.25, 0.3) is 0 Å². The van der Waals surface area contributed by atoms with Crippen LogP contribution in [0.5, 0.6) is 0 Å². The Hall–Kier alpha value is -1.02. The Morgan fingerprint density at radius 2 is 2.10 bits per heavy atom. The van der Waals surface area contributed by atoms with Crippen LogP contribution >= 0.6 is 0 Å². The van der Waals surface area contributed by atoms with Gasteiger partial charge in [0.1, 0.15) is 0 Å². The van der Waals surface area contributed by atoms with Crippen molar-refractivity contribution in [2.75, 3.05) is 25.4 Å². The molecule has 0 spiro atoms. The number of fused-ring (bicyclic) bond motifs is 2. The summed E-state index contributed by atoms with van der Waals surface area (Å²) in [6.45, 7) is 11.2. The number of rotatable bonds is 3. The van der Waals surface area contributed by atoms with Gasteiger partial charge in [-0.2, -0.15) is 0 Å². The van der Waals surface area contributed by atoms with Gasteiger partial charge in [-0.1, -0.05) is 32.9 Å². The van der Waals surface area contributed by atoms with E-state index in [1.165, 1.54) is 38.0 Å². The van der Waals surface area contributed by atoms with Gasteiger partial charge in [-0.15, -0.1) is 0 Å². The SMILES string of the molecule is CC1(C)C2CC[C@@]1(C)CN(CCc1cccc(N)c1)C2. The van der Waals surface area contributed by atoms with Crippen molar-refractivity contribution in [3.8, 4) is 0 Å². The molecule has 1 heterocycles. The number of hydrogen-bond donors (Lipinski definition) is 1. The van der Waals surface area contributed by atoms with Crippen LogP contribution in [-0.2, 0) is 6.42 Å². The molecule has 1 aliphatic carbocycles. The molecule has 1 aromatic rings. The van der Waals surface area contributed by atoms with E-state index in [9.17, 15) is 0 Å². The summed E-state index contributed by atoms with van der Waals surface area (Å²) in [5.41, 5.74) is 9.14. The molecule has 1 saturated heterocycles. The molecule has 20 heavy (non-hydrogen) atoms. The molecule has 110 valence electrons. The highest BCUT2D eigenvalue weighted by molar-refractivity contribution is 5.40. The molecule has 2 atom stereocenters. The lowest BCUT2D eigenvalue weighted by Crippen LogP contribution is -2.52. The van der Waals surface area contributed by atoms with Gasteiger partial charge >= 0.3 is 0 Å². The van der Waals surface area contributed by atoms with Gasteiger partial charge < -0.3 is 10.6 Å². The molecule has 2 aliphatic rings. The number of anilines is 1. The van der Waals surface area contributed by atoms with Crippen LogP contribution in [0.1, 0.15) is 39.2 Å². The van der Waals surface area contributed by atoms with Crippen molar-refractivity contribution >= 4 is 5.69 Å². The highest BCUT2D eigenvalue weighted by Gasteiger charge is 2.55. The molecule has 1 saturated carbocycles. The van der Waals surface area contributed by atoms with E-state index in [1.807, 2.05) is 6.07 Å².